The molecule has 0 aliphatic heterocycles. The van der Waals surface area contributed by atoms with Crippen LogP contribution in [-0.2, 0) is 0 Å². The predicted octanol–water partition coefficient (Wildman–Crippen LogP) is 3.05. The summed E-state index contributed by atoms with van der Waals surface area (Å²) >= 11 is 0. The van der Waals surface area contributed by atoms with Crippen molar-refractivity contribution >= 4 is 5.69 Å². The van der Waals surface area contributed by atoms with Gasteiger partial charge in [0.1, 0.15) is 0 Å². The van der Waals surface area contributed by atoms with E-state index < -0.39 is 0 Å². The van der Waals surface area contributed by atoms with Crippen molar-refractivity contribution in [3.8, 4) is 0 Å². The molecule has 17 heavy (non-hydrogen) atoms. The van der Waals surface area contributed by atoms with Gasteiger partial charge in [0.15, 0.2) is 0 Å². The minimum absolute atomic E-state index is 0.803. The van der Waals surface area contributed by atoms with Crippen LogP contribution in [0.1, 0.15) is 32.1 Å². The minimum atomic E-state index is 0.803. The normalized spacial score (nSPS) is 16.3. The Morgan fingerprint density at radius 2 is 1.88 bits per heavy atom. The number of rotatable bonds is 6. The summed E-state index contributed by atoms with van der Waals surface area (Å²) in [7, 11) is 2.17. The van der Waals surface area contributed by atoms with E-state index in [4.69, 9.17) is 0 Å². The number of anilines is 1. The van der Waals surface area contributed by atoms with Gasteiger partial charge in [0.2, 0.25) is 0 Å². The van der Waals surface area contributed by atoms with Crippen molar-refractivity contribution in [2.24, 2.45) is 0 Å². The lowest BCUT2D eigenvalue weighted by Gasteiger charge is -2.20. The van der Waals surface area contributed by atoms with Crippen LogP contribution in [0.2, 0.25) is 0 Å². The Hall–Kier alpha value is -1.02. The van der Waals surface area contributed by atoms with E-state index in [2.05, 4.69) is 47.6 Å². The first-order valence-corrected chi connectivity index (χ1v) is 6.86. The molecule has 0 radical (unpaired) electrons. The number of hydrogen-bond acceptors (Lipinski definition) is 2. The van der Waals surface area contributed by atoms with Crippen LogP contribution in [-0.4, -0.2) is 26.2 Å². The number of nitrogens with zero attached hydrogens (tertiary/aromatic N) is 1. The Labute approximate surface area is 105 Å². The van der Waals surface area contributed by atoms with Crippen molar-refractivity contribution in [3.05, 3.63) is 30.3 Å². The standard InChI is InChI=1S/C15H24N2/c1-17(15-10-3-2-4-11-15)13-7-12-16-14-8-5-6-9-14/h2-4,10-11,14,16H,5-9,12-13H2,1H3. The maximum Gasteiger partial charge on any atom is 0.0363 e. The highest BCUT2D eigenvalue weighted by Crippen LogP contribution is 2.17. The lowest BCUT2D eigenvalue weighted by molar-refractivity contribution is 0.515. The number of nitrogens with one attached hydrogen (secondary N) is 1. The molecule has 0 heterocycles. The second kappa shape index (κ2) is 6.65. The molecule has 1 aliphatic rings. The van der Waals surface area contributed by atoms with E-state index in [0.29, 0.717) is 0 Å². The molecule has 2 heteroatoms. The molecular formula is C15H24N2. The van der Waals surface area contributed by atoms with Crippen molar-refractivity contribution in [2.75, 3.05) is 25.0 Å². The molecule has 1 aliphatic carbocycles. The zero-order valence-corrected chi connectivity index (χ0v) is 10.9. The van der Waals surface area contributed by atoms with Crippen LogP contribution in [0.5, 0.6) is 0 Å². The summed E-state index contributed by atoms with van der Waals surface area (Å²) in [5.41, 5.74) is 1.31. The second-order valence-electron chi connectivity index (χ2n) is 5.05. The van der Waals surface area contributed by atoms with Gasteiger partial charge >= 0.3 is 0 Å². The van der Waals surface area contributed by atoms with Gasteiger partial charge in [-0.05, 0) is 37.9 Å². The molecule has 0 atom stereocenters. The van der Waals surface area contributed by atoms with E-state index in [9.17, 15) is 0 Å². The smallest absolute Gasteiger partial charge is 0.0363 e. The average Bonchev–Trinajstić information content (AvgIpc) is 2.88. The summed E-state index contributed by atoms with van der Waals surface area (Å²) in [5, 5.41) is 3.66. The highest BCUT2D eigenvalue weighted by atomic mass is 15.1. The van der Waals surface area contributed by atoms with Crippen molar-refractivity contribution in [1.29, 1.82) is 0 Å². The second-order valence-corrected chi connectivity index (χ2v) is 5.05. The molecule has 2 nitrogen and oxygen atoms in total. The van der Waals surface area contributed by atoms with Crippen LogP contribution in [0.25, 0.3) is 0 Å². The Morgan fingerprint density at radius 1 is 1.18 bits per heavy atom. The average molecular weight is 232 g/mol. The Morgan fingerprint density at radius 3 is 2.59 bits per heavy atom. The molecule has 0 spiro atoms. The SMILES string of the molecule is CN(CCCNC1CCCC1)c1ccccc1. The molecule has 0 amide bonds. The molecule has 0 aromatic heterocycles. The van der Waals surface area contributed by atoms with Crippen LogP contribution in [0.4, 0.5) is 5.69 Å². The number of para-hydroxylation sites is 1. The third-order valence-electron chi connectivity index (χ3n) is 3.66. The first-order valence-electron chi connectivity index (χ1n) is 6.86. The Bertz CT molecular complexity index is 304. The van der Waals surface area contributed by atoms with Crippen molar-refractivity contribution in [1.82, 2.24) is 5.32 Å². The molecule has 1 N–H and O–H groups in total. The van der Waals surface area contributed by atoms with Gasteiger partial charge in [0.25, 0.3) is 0 Å². The van der Waals surface area contributed by atoms with E-state index >= 15 is 0 Å². The fraction of sp³-hybridized carbons (Fsp3) is 0.600. The van der Waals surface area contributed by atoms with Gasteiger partial charge in [0.05, 0.1) is 0 Å². The van der Waals surface area contributed by atoms with Gasteiger partial charge in [-0.3, -0.25) is 0 Å². The molecular weight excluding hydrogens is 208 g/mol. The van der Waals surface area contributed by atoms with Gasteiger partial charge in [-0.1, -0.05) is 31.0 Å². The van der Waals surface area contributed by atoms with E-state index in [0.717, 1.165) is 19.1 Å². The van der Waals surface area contributed by atoms with Gasteiger partial charge in [-0.15, -0.1) is 0 Å². The monoisotopic (exact) mass is 232 g/mol. The van der Waals surface area contributed by atoms with Crippen LogP contribution >= 0.6 is 0 Å². The van der Waals surface area contributed by atoms with Gasteiger partial charge in [-0.2, -0.15) is 0 Å². The molecule has 1 saturated carbocycles. The van der Waals surface area contributed by atoms with Crippen molar-refractivity contribution in [2.45, 2.75) is 38.1 Å². The third-order valence-corrected chi connectivity index (χ3v) is 3.66. The van der Waals surface area contributed by atoms with Crippen molar-refractivity contribution in [3.63, 3.8) is 0 Å². The van der Waals surface area contributed by atoms with Crippen molar-refractivity contribution < 1.29 is 0 Å². The van der Waals surface area contributed by atoms with E-state index in [1.54, 1.807) is 0 Å². The maximum absolute atomic E-state index is 3.66. The summed E-state index contributed by atoms with van der Waals surface area (Å²) in [6.45, 7) is 2.28. The van der Waals surface area contributed by atoms with E-state index in [1.807, 2.05) is 0 Å². The van der Waals surface area contributed by atoms with Crippen LogP contribution in [0.15, 0.2) is 30.3 Å². The number of benzene rings is 1. The quantitative estimate of drug-likeness (QED) is 0.758. The summed E-state index contributed by atoms with van der Waals surface area (Å²) in [6.07, 6.45) is 6.83. The zero-order valence-electron chi connectivity index (χ0n) is 10.9. The van der Waals surface area contributed by atoms with E-state index in [1.165, 1.54) is 37.8 Å². The third kappa shape index (κ3) is 4.04. The lowest BCUT2D eigenvalue weighted by Crippen LogP contribution is -2.29. The molecule has 94 valence electrons. The topological polar surface area (TPSA) is 15.3 Å². The lowest BCUT2D eigenvalue weighted by atomic mass is 10.2. The Balaban J connectivity index is 1.61. The molecule has 0 bridgehead atoms. The minimum Gasteiger partial charge on any atom is -0.375 e. The molecule has 2 rings (SSSR count). The molecule has 1 aromatic rings. The largest absolute Gasteiger partial charge is 0.375 e. The first-order chi connectivity index (χ1) is 8.36. The van der Waals surface area contributed by atoms with Gasteiger partial charge < -0.3 is 10.2 Å². The summed E-state index contributed by atoms with van der Waals surface area (Å²) < 4.78 is 0. The molecule has 0 unspecified atom stereocenters. The summed E-state index contributed by atoms with van der Waals surface area (Å²) in [4.78, 5) is 2.33. The zero-order chi connectivity index (χ0) is 11.9. The fourth-order valence-electron chi connectivity index (χ4n) is 2.56. The predicted molar refractivity (Wildman–Crippen MR) is 74.6 cm³/mol. The first kappa shape index (κ1) is 12.4. The van der Waals surface area contributed by atoms with E-state index in [-0.39, 0.29) is 0 Å². The molecule has 0 saturated heterocycles. The van der Waals surface area contributed by atoms with Crippen LogP contribution in [0.3, 0.4) is 0 Å². The molecule has 1 aromatic carbocycles. The van der Waals surface area contributed by atoms with Gasteiger partial charge in [-0.25, -0.2) is 0 Å². The van der Waals surface area contributed by atoms with Crippen LogP contribution in [0, 0.1) is 0 Å². The summed E-state index contributed by atoms with van der Waals surface area (Å²) in [5.74, 6) is 0. The highest BCUT2D eigenvalue weighted by Gasteiger charge is 2.13. The highest BCUT2D eigenvalue weighted by molar-refractivity contribution is 5.44. The maximum atomic E-state index is 3.66. The number of hydrogen-bond donors (Lipinski definition) is 1. The van der Waals surface area contributed by atoms with Crippen LogP contribution < -0.4 is 10.2 Å². The fourth-order valence-corrected chi connectivity index (χ4v) is 2.56. The summed E-state index contributed by atoms with van der Waals surface area (Å²) in [6, 6.07) is 11.4. The Kier molecular flexibility index (Phi) is 4.87. The van der Waals surface area contributed by atoms with Gasteiger partial charge in [0, 0.05) is 25.3 Å². The molecule has 1 fully saturated rings.